The maximum absolute atomic E-state index is 4.52. The smallest absolute Gasteiger partial charge is 0.0834 e. The molecule has 108 valence electrons. The maximum Gasteiger partial charge on any atom is 0.0834 e. The van der Waals surface area contributed by atoms with Crippen molar-refractivity contribution in [2.24, 2.45) is 0 Å². The predicted molar refractivity (Wildman–Crippen MR) is 84.7 cm³/mol. The highest BCUT2D eigenvalue weighted by molar-refractivity contribution is 9.10. The van der Waals surface area contributed by atoms with Crippen molar-refractivity contribution < 1.29 is 0 Å². The second-order valence-electron chi connectivity index (χ2n) is 4.98. The minimum Gasteiger partial charge on any atom is -0.313 e. The number of aryl methyl sites for hydroxylation is 1. The molecule has 0 aliphatic rings. The van der Waals surface area contributed by atoms with E-state index in [9.17, 15) is 0 Å². The number of hydrogen-bond donors (Lipinski definition) is 1. The van der Waals surface area contributed by atoms with Crippen molar-refractivity contribution in [3.05, 3.63) is 45.4 Å². The first kappa shape index (κ1) is 15.2. The lowest BCUT2D eigenvalue weighted by atomic mass is 10.2. The Labute approximate surface area is 128 Å². The van der Waals surface area contributed by atoms with E-state index in [0.29, 0.717) is 6.54 Å². The van der Waals surface area contributed by atoms with Gasteiger partial charge in [0.15, 0.2) is 0 Å². The first-order valence-electron chi connectivity index (χ1n) is 6.95. The minimum atomic E-state index is 0.709. The van der Waals surface area contributed by atoms with Gasteiger partial charge < -0.3 is 5.32 Å². The number of nitrogens with one attached hydrogen (secondary N) is 1. The molecule has 0 atom stereocenters. The quantitative estimate of drug-likeness (QED) is 0.823. The minimum absolute atomic E-state index is 0.709. The summed E-state index contributed by atoms with van der Waals surface area (Å²) < 4.78 is 3.06. The second kappa shape index (κ2) is 6.99. The molecule has 0 fully saturated rings. The Morgan fingerprint density at radius 3 is 2.65 bits per heavy atom. The van der Waals surface area contributed by atoms with Gasteiger partial charge in [-0.25, -0.2) is 0 Å². The first-order valence-corrected chi connectivity index (χ1v) is 7.75. The fourth-order valence-electron chi connectivity index (χ4n) is 2.05. The topological polar surface area (TPSA) is 42.7 Å². The fraction of sp³-hybridized carbons (Fsp3) is 0.467. The average Bonchev–Trinajstić information content (AvgIpc) is 2.69. The van der Waals surface area contributed by atoms with Gasteiger partial charge in [0, 0.05) is 12.7 Å². The van der Waals surface area contributed by atoms with Crippen LogP contribution < -0.4 is 5.32 Å². The monoisotopic (exact) mass is 336 g/mol. The molecule has 0 unspecified atom stereocenters. The van der Waals surface area contributed by atoms with Gasteiger partial charge in [-0.3, -0.25) is 9.67 Å². The van der Waals surface area contributed by atoms with Crippen molar-refractivity contribution in [1.29, 1.82) is 0 Å². The predicted octanol–water partition coefficient (Wildman–Crippen LogP) is 3.21. The van der Waals surface area contributed by atoms with E-state index >= 15 is 0 Å². The molecule has 0 aromatic carbocycles. The van der Waals surface area contributed by atoms with E-state index in [-0.39, 0.29) is 0 Å². The highest BCUT2D eigenvalue weighted by Gasteiger charge is 2.09. The third-order valence-electron chi connectivity index (χ3n) is 3.25. The molecular weight excluding hydrogens is 316 g/mol. The summed E-state index contributed by atoms with van der Waals surface area (Å²) in [6, 6.07) is 4.21. The molecule has 2 heterocycles. The van der Waals surface area contributed by atoms with Crippen LogP contribution in [0.5, 0.6) is 0 Å². The lowest BCUT2D eigenvalue weighted by Crippen LogP contribution is -2.14. The van der Waals surface area contributed by atoms with Gasteiger partial charge in [-0.1, -0.05) is 13.0 Å². The van der Waals surface area contributed by atoms with Crippen molar-refractivity contribution in [2.45, 2.75) is 40.3 Å². The third-order valence-corrected chi connectivity index (χ3v) is 4.39. The molecule has 2 aromatic heterocycles. The molecule has 0 aliphatic heterocycles. The van der Waals surface area contributed by atoms with Gasteiger partial charge in [-0.2, -0.15) is 5.10 Å². The molecule has 1 N–H and O–H groups in total. The summed E-state index contributed by atoms with van der Waals surface area (Å²) in [5.74, 6) is 0. The van der Waals surface area contributed by atoms with Crippen molar-refractivity contribution in [1.82, 2.24) is 20.1 Å². The lowest BCUT2D eigenvalue weighted by Gasteiger charge is -2.06. The van der Waals surface area contributed by atoms with Crippen molar-refractivity contribution >= 4 is 15.9 Å². The van der Waals surface area contributed by atoms with Crippen molar-refractivity contribution in [3.63, 3.8) is 0 Å². The van der Waals surface area contributed by atoms with Crippen LogP contribution in [0.15, 0.2) is 22.8 Å². The highest BCUT2D eigenvalue weighted by atomic mass is 79.9. The molecule has 2 aromatic rings. The van der Waals surface area contributed by atoms with Gasteiger partial charge in [0.2, 0.25) is 0 Å². The zero-order valence-electron chi connectivity index (χ0n) is 12.3. The van der Waals surface area contributed by atoms with E-state index in [1.165, 1.54) is 5.56 Å². The molecule has 0 amide bonds. The molecule has 5 heteroatoms. The van der Waals surface area contributed by atoms with Gasteiger partial charge >= 0.3 is 0 Å². The molecule has 0 saturated carbocycles. The number of halogens is 1. The molecule has 20 heavy (non-hydrogen) atoms. The summed E-state index contributed by atoms with van der Waals surface area (Å²) in [7, 11) is 0. The zero-order chi connectivity index (χ0) is 14.5. The van der Waals surface area contributed by atoms with Gasteiger partial charge in [-0.05, 0) is 54.4 Å². The van der Waals surface area contributed by atoms with Crippen molar-refractivity contribution in [3.8, 4) is 0 Å². The zero-order valence-corrected chi connectivity index (χ0v) is 13.9. The standard InChI is InChI=1S/C15H21BrN4/c1-4-7-17-8-13-5-6-14(18-9-13)10-20-12(3)15(16)11(2)19-20/h5-6,9,17H,4,7-8,10H2,1-3H3. The molecule has 0 aliphatic carbocycles. The van der Waals surface area contributed by atoms with E-state index in [4.69, 9.17) is 0 Å². The molecule has 4 nitrogen and oxygen atoms in total. The van der Waals surface area contributed by atoms with Crippen LogP contribution in [0.3, 0.4) is 0 Å². The molecule has 0 bridgehead atoms. The summed E-state index contributed by atoms with van der Waals surface area (Å²) in [4.78, 5) is 4.52. The van der Waals surface area contributed by atoms with Crippen LogP contribution in [-0.2, 0) is 13.1 Å². The van der Waals surface area contributed by atoms with Gasteiger partial charge in [-0.15, -0.1) is 0 Å². The molecule has 0 saturated heterocycles. The van der Waals surface area contributed by atoms with Crippen LogP contribution in [0, 0.1) is 13.8 Å². The average molecular weight is 337 g/mol. The largest absolute Gasteiger partial charge is 0.313 e. The third kappa shape index (κ3) is 3.67. The van der Waals surface area contributed by atoms with E-state index in [1.807, 2.05) is 17.8 Å². The van der Waals surface area contributed by atoms with E-state index < -0.39 is 0 Å². The Kier molecular flexibility index (Phi) is 5.31. The van der Waals surface area contributed by atoms with E-state index in [1.54, 1.807) is 0 Å². The summed E-state index contributed by atoms with van der Waals surface area (Å²) in [5, 5.41) is 7.88. The Bertz CT molecular complexity index is 560. The summed E-state index contributed by atoms with van der Waals surface area (Å²) in [5.41, 5.74) is 4.40. The van der Waals surface area contributed by atoms with Crippen LogP contribution in [0.25, 0.3) is 0 Å². The maximum atomic E-state index is 4.52. The summed E-state index contributed by atoms with van der Waals surface area (Å²) >= 11 is 3.55. The number of hydrogen-bond acceptors (Lipinski definition) is 3. The first-order chi connectivity index (χ1) is 9.61. The Morgan fingerprint density at radius 2 is 2.10 bits per heavy atom. The highest BCUT2D eigenvalue weighted by Crippen LogP contribution is 2.20. The molecular formula is C15H21BrN4. The fourth-order valence-corrected chi connectivity index (χ4v) is 2.33. The van der Waals surface area contributed by atoms with Gasteiger partial charge in [0.05, 0.1) is 28.1 Å². The van der Waals surface area contributed by atoms with Crippen molar-refractivity contribution in [2.75, 3.05) is 6.54 Å². The number of rotatable bonds is 6. The Morgan fingerprint density at radius 1 is 1.30 bits per heavy atom. The summed E-state index contributed by atoms with van der Waals surface area (Å²) in [6.45, 7) is 8.87. The molecule has 2 rings (SSSR count). The van der Waals surface area contributed by atoms with Crippen LogP contribution in [0.1, 0.15) is 36.0 Å². The lowest BCUT2D eigenvalue weighted by molar-refractivity contribution is 0.643. The van der Waals surface area contributed by atoms with Crippen LogP contribution in [0.4, 0.5) is 0 Å². The SMILES string of the molecule is CCCNCc1ccc(Cn2nc(C)c(Br)c2C)nc1. The molecule has 0 spiro atoms. The van der Waals surface area contributed by atoms with E-state index in [2.05, 4.69) is 57.3 Å². The summed E-state index contributed by atoms with van der Waals surface area (Å²) in [6.07, 6.45) is 3.09. The number of nitrogens with zero attached hydrogens (tertiary/aromatic N) is 3. The number of aromatic nitrogens is 3. The van der Waals surface area contributed by atoms with E-state index in [0.717, 1.165) is 41.1 Å². The second-order valence-corrected chi connectivity index (χ2v) is 5.77. The van der Waals surface area contributed by atoms with Gasteiger partial charge in [0.1, 0.15) is 0 Å². The van der Waals surface area contributed by atoms with Crippen LogP contribution in [0.2, 0.25) is 0 Å². The normalized spacial score (nSPS) is 11.0. The Balaban J connectivity index is 2.01. The Hall–Kier alpha value is -1.20. The van der Waals surface area contributed by atoms with Gasteiger partial charge in [0.25, 0.3) is 0 Å². The number of pyridine rings is 1. The molecule has 0 radical (unpaired) electrons. The van der Waals surface area contributed by atoms with Crippen LogP contribution >= 0.6 is 15.9 Å². The van der Waals surface area contributed by atoms with Crippen LogP contribution in [-0.4, -0.2) is 21.3 Å².